The number of aliphatic imine (C=N–C) groups is 1. The molecule has 0 radical (unpaired) electrons. The average Bonchev–Trinajstić information content (AvgIpc) is 3.03. The van der Waals surface area contributed by atoms with E-state index in [4.69, 9.17) is 4.74 Å². The van der Waals surface area contributed by atoms with Crippen molar-refractivity contribution in [3.05, 3.63) is 29.8 Å². The first kappa shape index (κ1) is 19.4. The van der Waals surface area contributed by atoms with E-state index in [2.05, 4.69) is 40.4 Å². The summed E-state index contributed by atoms with van der Waals surface area (Å²) in [5, 5.41) is 7.48. The molecule has 124 valence electrons. The maximum Gasteiger partial charge on any atom is 0.191 e. The van der Waals surface area contributed by atoms with Crippen molar-refractivity contribution in [3.8, 4) is 5.75 Å². The zero-order chi connectivity index (χ0) is 14.9. The number of methoxy groups -OCH3 is 1. The van der Waals surface area contributed by atoms with Crippen LogP contribution in [-0.2, 0) is 6.54 Å². The fraction of sp³-hybridized carbons (Fsp3) is 0.562. The Hall–Kier alpha value is -0.630. The van der Waals surface area contributed by atoms with E-state index in [0.29, 0.717) is 6.54 Å². The first-order chi connectivity index (χ1) is 10.3. The molecule has 1 unspecified atom stereocenters. The number of nitrogens with zero attached hydrogens (tertiary/aromatic N) is 1. The molecule has 0 amide bonds. The number of hydrogen-bond donors (Lipinski definition) is 2. The highest BCUT2D eigenvalue weighted by Gasteiger charge is 2.15. The van der Waals surface area contributed by atoms with Crippen LogP contribution < -0.4 is 15.4 Å². The predicted octanol–water partition coefficient (Wildman–Crippen LogP) is 3.26. The monoisotopic (exact) mass is 435 g/mol. The van der Waals surface area contributed by atoms with Crippen LogP contribution in [0.15, 0.2) is 29.3 Å². The van der Waals surface area contributed by atoms with Gasteiger partial charge in [-0.15, -0.1) is 24.0 Å². The van der Waals surface area contributed by atoms with Gasteiger partial charge in [0.1, 0.15) is 5.75 Å². The second kappa shape index (κ2) is 11.0. The molecule has 1 aromatic rings. The van der Waals surface area contributed by atoms with Crippen molar-refractivity contribution in [1.82, 2.24) is 10.6 Å². The molecular formula is C16H26IN3OS. The fourth-order valence-corrected chi connectivity index (χ4v) is 3.50. The zero-order valence-electron chi connectivity index (χ0n) is 13.3. The maximum atomic E-state index is 5.24. The van der Waals surface area contributed by atoms with Gasteiger partial charge in [0, 0.05) is 18.3 Å². The van der Waals surface area contributed by atoms with E-state index in [1.807, 2.05) is 18.2 Å². The average molecular weight is 435 g/mol. The lowest BCUT2D eigenvalue weighted by molar-refractivity contribution is 0.414. The van der Waals surface area contributed by atoms with Crippen molar-refractivity contribution in [1.29, 1.82) is 0 Å². The minimum absolute atomic E-state index is 0. The molecule has 1 saturated heterocycles. The van der Waals surface area contributed by atoms with Crippen LogP contribution in [0, 0.1) is 0 Å². The molecule has 1 heterocycles. The smallest absolute Gasteiger partial charge is 0.191 e. The third-order valence-electron chi connectivity index (χ3n) is 3.42. The Morgan fingerprint density at radius 2 is 2.27 bits per heavy atom. The number of ether oxygens (including phenoxy) is 1. The van der Waals surface area contributed by atoms with Gasteiger partial charge in [-0.2, -0.15) is 11.8 Å². The van der Waals surface area contributed by atoms with Gasteiger partial charge in [0.25, 0.3) is 0 Å². The van der Waals surface area contributed by atoms with Crippen LogP contribution in [0.2, 0.25) is 0 Å². The zero-order valence-corrected chi connectivity index (χ0v) is 16.4. The number of benzene rings is 1. The second-order valence-electron chi connectivity index (χ2n) is 5.06. The summed E-state index contributed by atoms with van der Waals surface area (Å²) in [4.78, 5) is 4.65. The number of rotatable bonds is 6. The number of thioether (sulfide) groups is 1. The normalized spacial score (nSPS) is 17.7. The van der Waals surface area contributed by atoms with Crippen molar-refractivity contribution in [3.63, 3.8) is 0 Å². The van der Waals surface area contributed by atoms with Crippen LogP contribution in [0.3, 0.4) is 0 Å². The van der Waals surface area contributed by atoms with Gasteiger partial charge in [-0.05, 0) is 43.2 Å². The standard InChI is InChI=1S/C16H25N3OS.HI/c1-3-17-16(19-12-15-8-5-9-21-15)18-11-13-6-4-7-14(10-13)20-2;/h4,6-7,10,15H,3,5,8-9,11-12H2,1-2H3,(H2,17,18,19);1H. The molecule has 0 spiro atoms. The number of guanidine groups is 1. The lowest BCUT2D eigenvalue weighted by Crippen LogP contribution is -2.40. The molecular weight excluding hydrogens is 409 g/mol. The second-order valence-corrected chi connectivity index (χ2v) is 6.47. The van der Waals surface area contributed by atoms with Gasteiger partial charge in [-0.25, -0.2) is 4.99 Å². The summed E-state index contributed by atoms with van der Waals surface area (Å²) in [6.45, 7) is 4.62. The third-order valence-corrected chi connectivity index (χ3v) is 4.82. The van der Waals surface area contributed by atoms with Gasteiger partial charge < -0.3 is 15.4 Å². The first-order valence-electron chi connectivity index (χ1n) is 7.58. The summed E-state index contributed by atoms with van der Waals surface area (Å²) in [6.07, 6.45) is 2.65. The summed E-state index contributed by atoms with van der Waals surface area (Å²) >= 11 is 2.06. The lowest BCUT2D eigenvalue weighted by atomic mass is 10.2. The topological polar surface area (TPSA) is 45.7 Å². The van der Waals surface area contributed by atoms with E-state index < -0.39 is 0 Å². The van der Waals surface area contributed by atoms with Crippen molar-refractivity contribution in [2.24, 2.45) is 4.99 Å². The van der Waals surface area contributed by atoms with Crippen LogP contribution in [-0.4, -0.2) is 37.2 Å². The molecule has 1 aromatic carbocycles. The van der Waals surface area contributed by atoms with E-state index in [-0.39, 0.29) is 24.0 Å². The number of nitrogens with one attached hydrogen (secondary N) is 2. The Morgan fingerprint density at radius 3 is 2.95 bits per heavy atom. The lowest BCUT2D eigenvalue weighted by Gasteiger charge is -2.14. The molecule has 0 saturated carbocycles. The van der Waals surface area contributed by atoms with Gasteiger partial charge in [-0.3, -0.25) is 0 Å². The molecule has 1 aliphatic rings. The van der Waals surface area contributed by atoms with Gasteiger partial charge in [0.05, 0.1) is 13.7 Å². The molecule has 22 heavy (non-hydrogen) atoms. The van der Waals surface area contributed by atoms with E-state index in [1.54, 1.807) is 7.11 Å². The van der Waals surface area contributed by atoms with Crippen LogP contribution in [0.25, 0.3) is 0 Å². The molecule has 2 rings (SSSR count). The van der Waals surface area contributed by atoms with E-state index >= 15 is 0 Å². The van der Waals surface area contributed by atoms with Crippen LogP contribution in [0.1, 0.15) is 25.3 Å². The Balaban J connectivity index is 0.00000242. The van der Waals surface area contributed by atoms with Crippen LogP contribution in [0.5, 0.6) is 5.75 Å². The molecule has 4 nitrogen and oxygen atoms in total. The van der Waals surface area contributed by atoms with E-state index in [9.17, 15) is 0 Å². The molecule has 2 N–H and O–H groups in total. The SMILES string of the molecule is CCNC(=NCc1cccc(OC)c1)NCC1CCCS1.I. The molecule has 1 fully saturated rings. The van der Waals surface area contributed by atoms with Crippen LogP contribution in [0.4, 0.5) is 0 Å². The molecule has 1 atom stereocenters. The number of hydrogen-bond acceptors (Lipinski definition) is 3. The Morgan fingerprint density at radius 1 is 1.41 bits per heavy atom. The van der Waals surface area contributed by atoms with Gasteiger partial charge >= 0.3 is 0 Å². The highest BCUT2D eigenvalue weighted by molar-refractivity contribution is 14.0. The van der Waals surface area contributed by atoms with Gasteiger partial charge in [0.15, 0.2) is 5.96 Å². The summed E-state index contributed by atoms with van der Waals surface area (Å²) in [5.41, 5.74) is 1.15. The summed E-state index contributed by atoms with van der Waals surface area (Å²) in [5.74, 6) is 3.07. The number of halogens is 1. The summed E-state index contributed by atoms with van der Waals surface area (Å²) in [6, 6.07) is 8.05. The molecule has 0 aromatic heterocycles. The Labute approximate surface area is 154 Å². The van der Waals surface area contributed by atoms with Gasteiger partial charge in [0.2, 0.25) is 0 Å². The largest absolute Gasteiger partial charge is 0.497 e. The van der Waals surface area contributed by atoms with Crippen LogP contribution >= 0.6 is 35.7 Å². The first-order valence-corrected chi connectivity index (χ1v) is 8.63. The molecule has 0 aliphatic carbocycles. The molecule has 1 aliphatic heterocycles. The molecule has 0 bridgehead atoms. The van der Waals surface area contributed by atoms with Crippen molar-refractivity contribution in [2.75, 3.05) is 26.0 Å². The molecule has 6 heteroatoms. The van der Waals surface area contributed by atoms with Gasteiger partial charge in [-0.1, -0.05) is 12.1 Å². The fourth-order valence-electron chi connectivity index (χ4n) is 2.30. The summed E-state index contributed by atoms with van der Waals surface area (Å²) < 4.78 is 5.24. The third kappa shape index (κ3) is 6.64. The van der Waals surface area contributed by atoms with Crippen molar-refractivity contribution in [2.45, 2.75) is 31.6 Å². The maximum absolute atomic E-state index is 5.24. The van der Waals surface area contributed by atoms with E-state index in [1.165, 1.54) is 18.6 Å². The minimum atomic E-state index is 0. The Kier molecular flexibility index (Phi) is 9.70. The predicted molar refractivity (Wildman–Crippen MR) is 107 cm³/mol. The summed E-state index contributed by atoms with van der Waals surface area (Å²) in [7, 11) is 1.69. The highest BCUT2D eigenvalue weighted by Crippen LogP contribution is 2.25. The highest BCUT2D eigenvalue weighted by atomic mass is 127. The van der Waals surface area contributed by atoms with Crippen molar-refractivity contribution < 1.29 is 4.74 Å². The quantitative estimate of drug-likeness (QED) is 0.409. The minimum Gasteiger partial charge on any atom is -0.497 e. The van der Waals surface area contributed by atoms with E-state index in [0.717, 1.165) is 35.6 Å². The Bertz CT molecular complexity index is 464. The van der Waals surface area contributed by atoms with Crippen molar-refractivity contribution >= 4 is 41.7 Å².